The predicted octanol–water partition coefficient (Wildman–Crippen LogP) is 2.48. The van der Waals surface area contributed by atoms with Crippen molar-refractivity contribution in [1.29, 1.82) is 0 Å². The average Bonchev–Trinajstić information content (AvgIpc) is 2.63. The molecular weight excluding hydrogens is 186 g/mol. The Morgan fingerprint density at radius 2 is 2.00 bits per heavy atom. The maximum absolute atomic E-state index is 11.5. The molecule has 2 fully saturated rings. The summed E-state index contributed by atoms with van der Waals surface area (Å²) in [5.74, 6) is 1.85. The van der Waals surface area contributed by atoms with Gasteiger partial charge in [0.15, 0.2) is 0 Å². The Balaban J connectivity index is 1.67. The van der Waals surface area contributed by atoms with E-state index in [1.807, 2.05) is 0 Å². The maximum atomic E-state index is 11.5. The third-order valence-electron chi connectivity index (χ3n) is 4.10. The molecule has 2 heteroatoms. The van der Waals surface area contributed by atoms with E-state index in [1.54, 1.807) is 0 Å². The molecule has 1 heterocycles. The molecule has 0 amide bonds. The van der Waals surface area contributed by atoms with E-state index in [9.17, 15) is 4.79 Å². The lowest BCUT2D eigenvalue weighted by atomic mass is 9.97. The standard InChI is InChI=1S/C13H23NO/c1-11-5-8-14(9-6-11)10-7-12-3-2-4-13(12)15/h11-12H,2-10H2,1H3. The van der Waals surface area contributed by atoms with E-state index >= 15 is 0 Å². The van der Waals surface area contributed by atoms with Gasteiger partial charge in [-0.3, -0.25) is 4.79 Å². The SMILES string of the molecule is CC1CCN(CCC2CCCC2=O)CC1. The largest absolute Gasteiger partial charge is 0.303 e. The predicted molar refractivity (Wildman–Crippen MR) is 61.8 cm³/mol. The summed E-state index contributed by atoms with van der Waals surface area (Å²) in [5, 5.41) is 0. The second-order valence-corrected chi connectivity index (χ2v) is 5.37. The summed E-state index contributed by atoms with van der Waals surface area (Å²) in [4.78, 5) is 14.0. The molecule has 15 heavy (non-hydrogen) atoms. The van der Waals surface area contributed by atoms with Gasteiger partial charge in [-0.15, -0.1) is 0 Å². The number of hydrogen-bond acceptors (Lipinski definition) is 2. The monoisotopic (exact) mass is 209 g/mol. The summed E-state index contributed by atoms with van der Waals surface area (Å²) in [6.45, 7) is 6.01. The Hall–Kier alpha value is -0.370. The van der Waals surface area contributed by atoms with Gasteiger partial charge in [0, 0.05) is 12.3 Å². The number of ketones is 1. The third-order valence-corrected chi connectivity index (χ3v) is 4.10. The number of carbonyl (C=O) groups excluding carboxylic acids is 1. The summed E-state index contributed by atoms with van der Waals surface area (Å²) in [6, 6.07) is 0. The molecule has 2 aliphatic rings. The lowest BCUT2D eigenvalue weighted by molar-refractivity contribution is -0.120. The Labute approximate surface area is 93.0 Å². The molecule has 0 bridgehead atoms. The van der Waals surface area contributed by atoms with Crippen molar-refractivity contribution in [2.24, 2.45) is 11.8 Å². The number of likely N-dealkylation sites (tertiary alicyclic amines) is 1. The van der Waals surface area contributed by atoms with Crippen molar-refractivity contribution in [1.82, 2.24) is 4.90 Å². The molecular formula is C13H23NO. The minimum Gasteiger partial charge on any atom is -0.303 e. The second-order valence-electron chi connectivity index (χ2n) is 5.37. The van der Waals surface area contributed by atoms with Gasteiger partial charge in [-0.25, -0.2) is 0 Å². The van der Waals surface area contributed by atoms with Gasteiger partial charge in [0.05, 0.1) is 0 Å². The fraction of sp³-hybridized carbons (Fsp3) is 0.923. The smallest absolute Gasteiger partial charge is 0.136 e. The normalized spacial score (nSPS) is 29.9. The zero-order chi connectivity index (χ0) is 10.7. The summed E-state index contributed by atoms with van der Waals surface area (Å²) in [7, 11) is 0. The quantitative estimate of drug-likeness (QED) is 0.711. The first kappa shape index (κ1) is 11.1. The first-order valence-electron chi connectivity index (χ1n) is 6.51. The molecule has 0 aromatic rings. The molecule has 1 atom stereocenters. The Bertz CT molecular complexity index is 219. The molecule has 1 aliphatic carbocycles. The first-order chi connectivity index (χ1) is 7.25. The lowest BCUT2D eigenvalue weighted by Crippen LogP contribution is -2.34. The van der Waals surface area contributed by atoms with Crippen molar-refractivity contribution in [3.05, 3.63) is 0 Å². The Kier molecular flexibility index (Phi) is 3.79. The van der Waals surface area contributed by atoms with E-state index in [1.165, 1.54) is 25.9 Å². The molecule has 0 aromatic carbocycles. The molecule has 1 aliphatic heterocycles. The molecule has 0 spiro atoms. The lowest BCUT2D eigenvalue weighted by Gasteiger charge is -2.30. The van der Waals surface area contributed by atoms with Crippen molar-refractivity contribution in [3.63, 3.8) is 0 Å². The first-order valence-corrected chi connectivity index (χ1v) is 6.51. The second kappa shape index (κ2) is 5.11. The van der Waals surface area contributed by atoms with E-state index in [4.69, 9.17) is 0 Å². The van der Waals surface area contributed by atoms with Gasteiger partial charge in [0.2, 0.25) is 0 Å². The highest BCUT2D eigenvalue weighted by molar-refractivity contribution is 5.82. The third kappa shape index (κ3) is 3.04. The fourth-order valence-electron chi connectivity index (χ4n) is 2.82. The number of Topliss-reactive ketones (excluding diaryl/α,β-unsaturated/α-hetero) is 1. The van der Waals surface area contributed by atoms with E-state index in [-0.39, 0.29) is 0 Å². The number of carbonyl (C=O) groups is 1. The van der Waals surface area contributed by atoms with Crippen LogP contribution in [0.4, 0.5) is 0 Å². The van der Waals surface area contributed by atoms with Gasteiger partial charge in [0.25, 0.3) is 0 Å². The van der Waals surface area contributed by atoms with Crippen LogP contribution in [0, 0.1) is 11.8 Å². The van der Waals surface area contributed by atoms with Crippen molar-refractivity contribution < 1.29 is 4.79 Å². The van der Waals surface area contributed by atoms with Crippen LogP contribution in [0.3, 0.4) is 0 Å². The fourth-order valence-corrected chi connectivity index (χ4v) is 2.82. The van der Waals surface area contributed by atoms with Gasteiger partial charge >= 0.3 is 0 Å². The van der Waals surface area contributed by atoms with Crippen molar-refractivity contribution in [3.8, 4) is 0 Å². The van der Waals surface area contributed by atoms with Crippen LogP contribution >= 0.6 is 0 Å². The molecule has 0 radical (unpaired) electrons. The van der Waals surface area contributed by atoms with E-state index in [0.717, 1.165) is 38.1 Å². The highest BCUT2D eigenvalue weighted by Crippen LogP contribution is 2.25. The Morgan fingerprint density at radius 3 is 2.60 bits per heavy atom. The zero-order valence-corrected chi connectivity index (χ0v) is 9.87. The van der Waals surface area contributed by atoms with Crippen LogP contribution < -0.4 is 0 Å². The van der Waals surface area contributed by atoms with Gasteiger partial charge in [-0.1, -0.05) is 6.92 Å². The highest BCUT2D eigenvalue weighted by atomic mass is 16.1. The molecule has 0 aromatic heterocycles. The average molecular weight is 209 g/mol. The zero-order valence-electron chi connectivity index (χ0n) is 9.87. The van der Waals surface area contributed by atoms with Crippen LogP contribution in [0.5, 0.6) is 0 Å². The van der Waals surface area contributed by atoms with E-state index in [2.05, 4.69) is 11.8 Å². The number of rotatable bonds is 3. The minimum atomic E-state index is 0.407. The van der Waals surface area contributed by atoms with Gasteiger partial charge < -0.3 is 4.90 Å². The molecule has 2 rings (SSSR count). The van der Waals surface area contributed by atoms with Crippen molar-refractivity contribution in [2.45, 2.75) is 45.4 Å². The molecule has 1 unspecified atom stereocenters. The molecule has 2 nitrogen and oxygen atoms in total. The highest BCUT2D eigenvalue weighted by Gasteiger charge is 2.25. The van der Waals surface area contributed by atoms with Crippen molar-refractivity contribution >= 4 is 5.78 Å². The number of nitrogens with zero attached hydrogens (tertiary/aromatic N) is 1. The molecule has 1 saturated heterocycles. The summed E-state index contributed by atoms with van der Waals surface area (Å²) < 4.78 is 0. The van der Waals surface area contributed by atoms with Gasteiger partial charge in [0.1, 0.15) is 5.78 Å². The van der Waals surface area contributed by atoms with Crippen LogP contribution in [0.2, 0.25) is 0 Å². The van der Waals surface area contributed by atoms with E-state index in [0.29, 0.717) is 11.7 Å². The van der Waals surface area contributed by atoms with Gasteiger partial charge in [-0.2, -0.15) is 0 Å². The summed E-state index contributed by atoms with van der Waals surface area (Å²) in [5.41, 5.74) is 0. The van der Waals surface area contributed by atoms with Crippen LogP contribution in [0.15, 0.2) is 0 Å². The van der Waals surface area contributed by atoms with Gasteiger partial charge in [-0.05, 0) is 57.7 Å². The Morgan fingerprint density at radius 1 is 1.27 bits per heavy atom. The molecule has 0 N–H and O–H groups in total. The summed E-state index contributed by atoms with van der Waals surface area (Å²) >= 11 is 0. The van der Waals surface area contributed by atoms with Crippen LogP contribution in [0.25, 0.3) is 0 Å². The summed E-state index contributed by atoms with van der Waals surface area (Å²) in [6.07, 6.45) is 6.95. The van der Waals surface area contributed by atoms with E-state index < -0.39 is 0 Å². The number of hydrogen-bond donors (Lipinski definition) is 0. The topological polar surface area (TPSA) is 20.3 Å². The van der Waals surface area contributed by atoms with Crippen LogP contribution in [-0.2, 0) is 4.79 Å². The molecule has 86 valence electrons. The van der Waals surface area contributed by atoms with Crippen molar-refractivity contribution in [2.75, 3.05) is 19.6 Å². The number of piperidine rings is 1. The minimum absolute atomic E-state index is 0.407. The van der Waals surface area contributed by atoms with Crippen LogP contribution in [-0.4, -0.2) is 30.3 Å². The van der Waals surface area contributed by atoms with Crippen LogP contribution in [0.1, 0.15) is 45.4 Å². The molecule has 1 saturated carbocycles. The maximum Gasteiger partial charge on any atom is 0.136 e.